The van der Waals surface area contributed by atoms with Crippen molar-refractivity contribution >= 4 is 27.3 Å². The summed E-state index contributed by atoms with van der Waals surface area (Å²) in [5.41, 5.74) is 0.865. The van der Waals surface area contributed by atoms with Crippen LogP contribution in [0.4, 0.5) is 0 Å². The van der Waals surface area contributed by atoms with Crippen molar-refractivity contribution in [2.45, 2.75) is 17.7 Å². The molecular formula is C13H14N2O4S2. The summed E-state index contributed by atoms with van der Waals surface area (Å²) in [5.74, 6) is -0.288. The van der Waals surface area contributed by atoms with Gasteiger partial charge in [0.25, 0.3) is 5.91 Å². The Morgan fingerprint density at radius 3 is 2.67 bits per heavy atom. The molecule has 0 bridgehead atoms. The molecule has 0 aliphatic carbocycles. The number of hydrogen-bond donors (Lipinski definition) is 3. The van der Waals surface area contributed by atoms with Crippen LogP contribution in [0, 0.1) is 6.92 Å². The highest BCUT2D eigenvalue weighted by Gasteiger charge is 2.13. The Morgan fingerprint density at radius 2 is 2.05 bits per heavy atom. The van der Waals surface area contributed by atoms with E-state index in [1.54, 1.807) is 25.1 Å². The van der Waals surface area contributed by atoms with Gasteiger partial charge in [0.05, 0.1) is 6.54 Å². The van der Waals surface area contributed by atoms with Gasteiger partial charge in [-0.2, -0.15) is 0 Å². The molecule has 1 aromatic carbocycles. The van der Waals surface area contributed by atoms with Crippen molar-refractivity contribution in [1.82, 2.24) is 5.32 Å². The molecule has 2 rings (SSSR count). The first-order valence-electron chi connectivity index (χ1n) is 5.97. The van der Waals surface area contributed by atoms with Crippen molar-refractivity contribution in [3.8, 4) is 5.75 Å². The number of thiophene rings is 1. The van der Waals surface area contributed by atoms with Gasteiger partial charge in [0.2, 0.25) is 10.0 Å². The molecule has 0 atom stereocenters. The van der Waals surface area contributed by atoms with Gasteiger partial charge in [0.1, 0.15) is 9.96 Å². The normalized spacial score (nSPS) is 11.3. The average Bonchev–Trinajstić information content (AvgIpc) is 2.88. The van der Waals surface area contributed by atoms with Gasteiger partial charge in [-0.05, 0) is 31.2 Å². The molecule has 1 heterocycles. The Balaban J connectivity index is 2.08. The number of rotatable bonds is 4. The maximum absolute atomic E-state index is 12.0. The number of amides is 1. The van der Waals surface area contributed by atoms with E-state index >= 15 is 0 Å². The number of primary sulfonamides is 1. The molecular weight excluding hydrogens is 312 g/mol. The zero-order valence-corrected chi connectivity index (χ0v) is 12.8. The van der Waals surface area contributed by atoms with Crippen molar-refractivity contribution in [3.63, 3.8) is 0 Å². The van der Waals surface area contributed by atoms with E-state index in [0.29, 0.717) is 16.0 Å². The number of benzene rings is 1. The molecule has 0 saturated carbocycles. The van der Waals surface area contributed by atoms with Crippen LogP contribution in [0.5, 0.6) is 5.75 Å². The number of phenols is 1. The summed E-state index contributed by atoms with van der Waals surface area (Å²) in [7, 11) is -3.71. The van der Waals surface area contributed by atoms with Crippen LogP contribution in [0.3, 0.4) is 0 Å². The third kappa shape index (κ3) is 3.60. The number of aromatic hydroxyl groups is 1. The SMILES string of the molecule is Cc1c(O)cccc1C(=O)NCc1ccc(S(N)(=O)=O)s1. The van der Waals surface area contributed by atoms with Crippen LogP contribution in [0.2, 0.25) is 0 Å². The summed E-state index contributed by atoms with van der Waals surface area (Å²) in [6.07, 6.45) is 0. The van der Waals surface area contributed by atoms with E-state index in [4.69, 9.17) is 5.14 Å². The highest BCUT2D eigenvalue weighted by atomic mass is 32.2. The first-order chi connectivity index (χ1) is 9.79. The molecule has 0 saturated heterocycles. The van der Waals surface area contributed by atoms with Crippen LogP contribution >= 0.6 is 11.3 Å². The molecule has 0 aliphatic rings. The quantitative estimate of drug-likeness (QED) is 0.787. The largest absolute Gasteiger partial charge is 0.508 e. The van der Waals surface area contributed by atoms with E-state index in [1.807, 2.05) is 0 Å². The van der Waals surface area contributed by atoms with Crippen LogP contribution < -0.4 is 10.5 Å². The molecule has 21 heavy (non-hydrogen) atoms. The summed E-state index contributed by atoms with van der Waals surface area (Å²) in [5, 5.41) is 17.3. The van der Waals surface area contributed by atoms with Crippen molar-refractivity contribution < 1.29 is 18.3 Å². The molecule has 0 fully saturated rings. The predicted octanol–water partition coefficient (Wildman–Crippen LogP) is 1.34. The van der Waals surface area contributed by atoms with Crippen LogP contribution in [0.1, 0.15) is 20.8 Å². The second kappa shape index (κ2) is 5.84. The molecule has 0 aliphatic heterocycles. The van der Waals surface area contributed by atoms with Crippen LogP contribution in [-0.2, 0) is 16.6 Å². The summed E-state index contributed by atoms with van der Waals surface area (Å²) in [4.78, 5) is 12.7. The van der Waals surface area contributed by atoms with Gasteiger partial charge in [-0.3, -0.25) is 4.79 Å². The Kier molecular flexibility index (Phi) is 4.31. The highest BCUT2D eigenvalue weighted by Crippen LogP contribution is 2.21. The predicted molar refractivity (Wildman–Crippen MR) is 79.7 cm³/mol. The number of nitrogens with two attached hydrogens (primary N) is 1. The van der Waals surface area contributed by atoms with Crippen molar-refractivity contribution in [2.24, 2.45) is 5.14 Å². The number of hydrogen-bond acceptors (Lipinski definition) is 5. The maximum atomic E-state index is 12.0. The van der Waals surface area contributed by atoms with Gasteiger partial charge in [-0.15, -0.1) is 11.3 Å². The van der Waals surface area contributed by atoms with Gasteiger partial charge >= 0.3 is 0 Å². The van der Waals surface area contributed by atoms with Crippen molar-refractivity contribution in [3.05, 3.63) is 46.3 Å². The van der Waals surface area contributed by atoms with Gasteiger partial charge in [0, 0.05) is 16.0 Å². The smallest absolute Gasteiger partial charge is 0.251 e. The number of sulfonamides is 1. The average molecular weight is 326 g/mol. The number of nitrogens with one attached hydrogen (secondary N) is 1. The van der Waals surface area contributed by atoms with E-state index < -0.39 is 10.0 Å². The topological polar surface area (TPSA) is 109 Å². The lowest BCUT2D eigenvalue weighted by molar-refractivity contribution is 0.0950. The summed E-state index contributed by atoms with van der Waals surface area (Å²) in [6, 6.07) is 7.70. The molecule has 112 valence electrons. The van der Waals surface area contributed by atoms with E-state index in [0.717, 1.165) is 11.3 Å². The second-order valence-corrected chi connectivity index (χ2v) is 7.35. The van der Waals surface area contributed by atoms with E-state index in [9.17, 15) is 18.3 Å². The zero-order chi connectivity index (χ0) is 15.6. The third-order valence-electron chi connectivity index (χ3n) is 2.89. The lowest BCUT2D eigenvalue weighted by Crippen LogP contribution is -2.23. The fourth-order valence-corrected chi connectivity index (χ4v) is 3.46. The Bertz CT molecular complexity index is 781. The minimum Gasteiger partial charge on any atom is -0.508 e. The second-order valence-electron chi connectivity index (χ2n) is 4.40. The number of carbonyl (C=O) groups excluding carboxylic acids is 1. The molecule has 0 spiro atoms. The maximum Gasteiger partial charge on any atom is 0.251 e. The molecule has 0 unspecified atom stereocenters. The summed E-state index contributed by atoms with van der Waals surface area (Å²) < 4.78 is 22.4. The fourth-order valence-electron chi connectivity index (χ4n) is 1.74. The molecule has 4 N–H and O–H groups in total. The lowest BCUT2D eigenvalue weighted by Gasteiger charge is -2.07. The minimum absolute atomic E-state index is 0.0512. The molecule has 8 heteroatoms. The lowest BCUT2D eigenvalue weighted by atomic mass is 10.1. The zero-order valence-electron chi connectivity index (χ0n) is 11.2. The molecule has 6 nitrogen and oxygen atoms in total. The van der Waals surface area contributed by atoms with Gasteiger partial charge < -0.3 is 10.4 Å². The Morgan fingerprint density at radius 1 is 1.33 bits per heavy atom. The van der Waals surface area contributed by atoms with E-state index in [2.05, 4.69) is 5.32 Å². The Labute approximate surface area is 126 Å². The summed E-state index contributed by atoms with van der Waals surface area (Å²) in [6.45, 7) is 1.84. The molecule has 2 aromatic rings. The first kappa shape index (κ1) is 15.5. The molecule has 1 aromatic heterocycles. The first-order valence-corrected chi connectivity index (χ1v) is 8.33. The van der Waals surface area contributed by atoms with E-state index in [1.165, 1.54) is 12.1 Å². The van der Waals surface area contributed by atoms with Crippen LogP contribution in [0.25, 0.3) is 0 Å². The fraction of sp³-hybridized carbons (Fsp3) is 0.154. The van der Waals surface area contributed by atoms with E-state index in [-0.39, 0.29) is 22.4 Å². The van der Waals surface area contributed by atoms with Crippen LogP contribution in [0.15, 0.2) is 34.5 Å². The number of carbonyl (C=O) groups is 1. The third-order valence-corrected chi connectivity index (χ3v) is 5.41. The number of phenolic OH excluding ortho intramolecular Hbond substituents is 1. The standard InChI is InChI=1S/C13H14N2O4S2/c1-8-10(3-2-4-11(8)16)13(17)15-7-9-5-6-12(20-9)21(14,18)19/h2-6,16H,7H2,1H3,(H,15,17)(H2,14,18,19). The van der Waals surface area contributed by atoms with Gasteiger partial charge in [-0.25, -0.2) is 13.6 Å². The monoisotopic (exact) mass is 326 g/mol. The van der Waals surface area contributed by atoms with Crippen molar-refractivity contribution in [2.75, 3.05) is 0 Å². The van der Waals surface area contributed by atoms with Crippen LogP contribution in [-0.4, -0.2) is 19.4 Å². The minimum atomic E-state index is -3.71. The van der Waals surface area contributed by atoms with Crippen molar-refractivity contribution in [1.29, 1.82) is 0 Å². The van der Waals surface area contributed by atoms with Gasteiger partial charge in [0.15, 0.2) is 0 Å². The highest BCUT2D eigenvalue weighted by molar-refractivity contribution is 7.91. The molecule has 1 amide bonds. The molecule has 0 radical (unpaired) electrons. The Hall–Kier alpha value is -1.90. The van der Waals surface area contributed by atoms with Gasteiger partial charge in [-0.1, -0.05) is 6.07 Å². The summed E-state index contributed by atoms with van der Waals surface area (Å²) >= 11 is 1.01.